The van der Waals surface area contributed by atoms with Gasteiger partial charge in [0.2, 0.25) is 0 Å². The first-order valence-corrected chi connectivity index (χ1v) is 7.98. The number of benzene rings is 1. The maximum atomic E-state index is 11.3. The van der Waals surface area contributed by atoms with E-state index in [0.29, 0.717) is 0 Å². The van der Waals surface area contributed by atoms with Crippen molar-refractivity contribution in [2.45, 2.75) is 18.6 Å². The maximum absolute atomic E-state index is 11.3. The molecule has 0 amide bonds. The fourth-order valence-corrected chi connectivity index (χ4v) is 2.70. The molecular weight excluding hydrogens is 300 g/mol. The van der Waals surface area contributed by atoms with Crippen molar-refractivity contribution in [1.29, 1.82) is 0 Å². The highest BCUT2D eigenvalue weighted by Gasteiger charge is 2.30. The number of rotatable bonds is 6. The number of methoxy groups -OCH3 is 1. The van der Waals surface area contributed by atoms with Crippen molar-refractivity contribution in [1.82, 2.24) is 0 Å². The smallest absolute Gasteiger partial charge is 0.262 e. The van der Waals surface area contributed by atoms with E-state index in [9.17, 15) is 18.6 Å². The van der Waals surface area contributed by atoms with E-state index >= 15 is 0 Å². The summed E-state index contributed by atoms with van der Waals surface area (Å²) in [6.07, 6.45) is 0.955. The van der Waals surface area contributed by atoms with Crippen LogP contribution in [0.1, 0.15) is 12.5 Å². The molecule has 2 atom stereocenters. The third-order valence-corrected chi connectivity index (χ3v) is 3.43. The van der Waals surface area contributed by atoms with Crippen LogP contribution in [-0.2, 0) is 15.6 Å². The van der Waals surface area contributed by atoms with E-state index in [1.165, 1.54) is 32.2 Å². The molecular formula is C12H20N2O6S. The van der Waals surface area contributed by atoms with Crippen LogP contribution in [0, 0.1) is 0 Å². The summed E-state index contributed by atoms with van der Waals surface area (Å²) in [7, 11) is -2.14. The van der Waals surface area contributed by atoms with E-state index in [4.69, 9.17) is 20.9 Å². The van der Waals surface area contributed by atoms with Gasteiger partial charge in [-0.2, -0.15) is 0 Å². The van der Waals surface area contributed by atoms with E-state index < -0.39 is 27.2 Å². The first kappa shape index (κ1) is 17.7. The van der Waals surface area contributed by atoms with Gasteiger partial charge in [-0.05, 0) is 12.1 Å². The SMILES string of the molecule is COc1ccc(C(N)(O)CS(C)(=O)=O)cc1OC(C)(N)O. The predicted molar refractivity (Wildman–Crippen MR) is 76.2 cm³/mol. The van der Waals surface area contributed by atoms with Crippen LogP contribution < -0.4 is 20.9 Å². The van der Waals surface area contributed by atoms with Crippen LogP contribution >= 0.6 is 0 Å². The lowest BCUT2D eigenvalue weighted by Gasteiger charge is -2.25. The normalized spacial score (nSPS) is 17.7. The summed E-state index contributed by atoms with van der Waals surface area (Å²) in [6, 6.07) is 4.06. The number of ether oxygens (including phenoxy) is 2. The molecule has 2 unspecified atom stereocenters. The molecule has 0 radical (unpaired) electrons. The first-order valence-electron chi connectivity index (χ1n) is 5.92. The van der Waals surface area contributed by atoms with Crippen molar-refractivity contribution in [2.75, 3.05) is 19.1 Å². The van der Waals surface area contributed by atoms with Gasteiger partial charge in [-0.1, -0.05) is 6.07 Å². The molecule has 9 heteroatoms. The Labute approximate surface area is 123 Å². The van der Waals surface area contributed by atoms with Gasteiger partial charge in [0.25, 0.3) is 5.91 Å². The predicted octanol–water partition coefficient (Wildman–Crippen LogP) is -1.15. The van der Waals surface area contributed by atoms with Crippen LogP contribution in [0.15, 0.2) is 18.2 Å². The lowest BCUT2D eigenvalue weighted by molar-refractivity contribution is -0.116. The molecule has 0 heterocycles. The Morgan fingerprint density at radius 2 is 1.81 bits per heavy atom. The molecule has 0 bridgehead atoms. The number of sulfone groups is 1. The molecule has 120 valence electrons. The molecule has 0 aliphatic heterocycles. The average Bonchev–Trinajstić information content (AvgIpc) is 2.23. The molecule has 0 spiro atoms. The summed E-state index contributed by atoms with van der Waals surface area (Å²) in [5, 5.41) is 19.6. The van der Waals surface area contributed by atoms with Crippen LogP contribution in [0.2, 0.25) is 0 Å². The van der Waals surface area contributed by atoms with Gasteiger partial charge in [0.1, 0.15) is 0 Å². The van der Waals surface area contributed by atoms with Crippen molar-refractivity contribution in [2.24, 2.45) is 11.5 Å². The first-order chi connectivity index (χ1) is 9.34. The summed E-state index contributed by atoms with van der Waals surface area (Å²) >= 11 is 0. The topological polar surface area (TPSA) is 145 Å². The zero-order valence-electron chi connectivity index (χ0n) is 12.0. The van der Waals surface area contributed by atoms with Gasteiger partial charge in [-0.3, -0.25) is 11.5 Å². The highest BCUT2D eigenvalue weighted by Crippen LogP contribution is 2.32. The highest BCUT2D eigenvalue weighted by molar-refractivity contribution is 7.90. The molecule has 0 aliphatic carbocycles. The Morgan fingerprint density at radius 1 is 1.24 bits per heavy atom. The fourth-order valence-electron chi connectivity index (χ4n) is 1.73. The quantitative estimate of drug-likeness (QED) is 0.481. The van der Waals surface area contributed by atoms with Crippen molar-refractivity contribution < 1.29 is 28.1 Å². The van der Waals surface area contributed by atoms with Gasteiger partial charge < -0.3 is 19.7 Å². The number of hydrogen-bond acceptors (Lipinski definition) is 8. The second-order valence-corrected chi connectivity index (χ2v) is 7.16. The van der Waals surface area contributed by atoms with E-state index in [1.807, 2.05) is 0 Å². The van der Waals surface area contributed by atoms with Gasteiger partial charge >= 0.3 is 0 Å². The summed E-state index contributed by atoms with van der Waals surface area (Å²) in [5.41, 5.74) is 8.94. The van der Waals surface area contributed by atoms with Crippen molar-refractivity contribution in [3.63, 3.8) is 0 Å². The summed E-state index contributed by atoms with van der Waals surface area (Å²) in [5.74, 6) is -2.40. The number of nitrogens with two attached hydrogens (primary N) is 2. The Balaban J connectivity index is 3.24. The van der Waals surface area contributed by atoms with E-state index in [-0.39, 0.29) is 17.1 Å². The van der Waals surface area contributed by atoms with Crippen molar-refractivity contribution >= 4 is 9.84 Å². The Bertz CT molecular complexity index is 607. The molecule has 0 saturated heterocycles. The second-order valence-electron chi connectivity index (χ2n) is 5.02. The van der Waals surface area contributed by atoms with Gasteiger partial charge in [-0.25, -0.2) is 8.42 Å². The molecule has 0 fully saturated rings. The zero-order chi connectivity index (χ0) is 16.5. The minimum Gasteiger partial charge on any atom is -0.493 e. The van der Waals surface area contributed by atoms with Crippen LogP contribution in [0.3, 0.4) is 0 Å². The van der Waals surface area contributed by atoms with Crippen LogP contribution in [0.4, 0.5) is 0 Å². The summed E-state index contributed by atoms with van der Waals surface area (Å²) in [6.45, 7) is 1.20. The third kappa shape index (κ3) is 5.48. The molecule has 1 aromatic carbocycles. The van der Waals surface area contributed by atoms with E-state index in [0.717, 1.165) is 6.26 Å². The molecule has 6 N–H and O–H groups in total. The van der Waals surface area contributed by atoms with Crippen LogP contribution in [0.25, 0.3) is 0 Å². The zero-order valence-corrected chi connectivity index (χ0v) is 12.8. The molecule has 0 aromatic heterocycles. The Hall–Kier alpha value is -1.39. The molecule has 0 aliphatic rings. The van der Waals surface area contributed by atoms with Crippen molar-refractivity contribution in [3.05, 3.63) is 23.8 Å². The van der Waals surface area contributed by atoms with E-state index in [1.54, 1.807) is 0 Å². The average molecular weight is 320 g/mol. The number of aliphatic hydroxyl groups is 2. The summed E-state index contributed by atoms with van der Waals surface area (Å²) in [4.78, 5) is 0. The van der Waals surface area contributed by atoms with Crippen LogP contribution in [0.5, 0.6) is 11.5 Å². The molecule has 21 heavy (non-hydrogen) atoms. The molecule has 1 rings (SSSR count). The van der Waals surface area contributed by atoms with Gasteiger partial charge in [0.05, 0.1) is 12.9 Å². The second kappa shape index (κ2) is 5.78. The number of hydrogen-bond donors (Lipinski definition) is 4. The lowest BCUT2D eigenvalue weighted by atomic mass is 10.1. The fraction of sp³-hybridized carbons (Fsp3) is 0.500. The highest BCUT2D eigenvalue weighted by atomic mass is 32.2. The largest absolute Gasteiger partial charge is 0.493 e. The molecule has 8 nitrogen and oxygen atoms in total. The van der Waals surface area contributed by atoms with Gasteiger partial charge in [0, 0.05) is 18.7 Å². The third-order valence-electron chi connectivity index (χ3n) is 2.46. The van der Waals surface area contributed by atoms with Gasteiger partial charge in [-0.15, -0.1) is 0 Å². The Morgan fingerprint density at radius 3 is 2.24 bits per heavy atom. The minimum atomic E-state index is -3.51. The minimum absolute atomic E-state index is 0.0138. The van der Waals surface area contributed by atoms with Gasteiger partial charge in [0.15, 0.2) is 27.1 Å². The maximum Gasteiger partial charge on any atom is 0.262 e. The monoisotopic (exact) mass is 320 g/mol. The standard InChI is InChI=1S/C12H20N2O6S/c1-11(13,15)20-10-6-8(4-5-9(10)19-2)12(14,16)7-21(3,17)18/h4-6,15-16H,7,13-14H2,1-3H3. The van der Waals surface area contributed by atoms with E-state index in [2.05, 4.69) is 0 Å². The Kier molecular flexibility index (Phi) is 4.86. The molecule has 0 saturated carbocycles. The van der Waals surface area contributed by atoms with Crippen LogP contribution in [-0.4, -0.2) is 43.7 Å². The lowest BCUT2D eigenvalue weighted by Crippen LogP contribution is -2.44. The summed E-state index contributed by atoms with van der Waals surface area (Å²) < 4.78 is 32.7. The molecule has 1 aromatic rings. The van der Waals surface area contributed by atoms with Crippen molar-refractivity contribution in [3.8, 4) is 11.5 Å².